The molecule has 0 aliphatic carbocycles. The van der Waals surface area contributed by atoms with Gasteiger partial charge in [-0.05, 0) is 54.6 Å². The summed E-state index contributed by atoms with van der Waals surface area (Å²) in [7, 11) is 0. The molecule has 2 aliphatic rings. The van der Waals surface area contributed by atoms with Gasteiger partial charge in [-0.1, -0.05) is 51.5 Å². The topological polar surface area (TPSA) is 74.0 Å². The number of hydrogen-bond acceptors (Lipinski definition) is 5. The number of aliphatic hydroxyl groups excluding tert-OH is 1. The number of aliphatic hydroxyl groups is 1. The van der Waals surface area contributed by atoms with Crippen molar-refractivity contribution in [2.75, 3.05) is 26.2 Å². The fourth-order valence-corrected chi connectivity index (χ4v) is 4.60. The van der Waals surface area contributed by atoms with Gasteiger partial charge in [-0.15, -0.1) is 0 Å². The van der Waals surface area contributed by atoms with Crippen LogP contribution in [0.25, 0.3) is 0 Å². The second kappa shape index (κ2) is 8.94. The molecule has 2 aromatic rings. The summed E-state index contributed by atoms with van der Waals surface area (Å²) < 4.78 is 5.30. The van der Waals surface area contributed by atoms with E-state index in [4.69, 9.17) is 4.42 Å². The molecule has 3 heterocycles. The molecule has 1 unspecified atom stereocenters. The molecule has 2 aliphatic heterocycles. The van der Waals surface area contributed by atoms with E-state index in [9.17, 15) is 14.7 Å². The molecule has 0 radical (unpaired) electrons. The Hall–Kier alpha value is -2.86. The maximum atomic E-state index is 13.2. The molecular weight excluding hydrogens is 404 g/mol. The number of piperidine rings is 1. The van der Waals surface area contributed by atoms with Crippen LogP contribution in [0.1, 0.15) is 67.8 Å². The lowest BCUT2D eigenvalue weighted by atomic mass is 9.85. The average molecular weight is 437 g/mol. The highest BCUT2D eigenvalue weighted by Gasteiger charge is 2.44. The lowest BCUT2D eigenvalue weighted by Crippen LogP contribution is -2.40. The second-order valence-corrected chi connectivity index (χ2v) is 9.74. The van der Waals surface area contributed by atoms with E-state index >= 15 is 0 Å². The first-order valence-electron chi connectivity index (χ1n) is 11.4. The zero-order chi connectivity index (χ0) is 22.9. The summed E-state index contributed by atoms with van der Waals surface area (Å²) in [4.78, 5) is 30.3. The summed E-state index contributed by atoms with van der Waals surface area (Å²) >= 11 is 0. The smallest absolute Gasteiger partial charge is 0.290 e. The molecule has 1 saturated heterocycles. The van der Waals surface area contributed by atoms with Crippen molar-refractivity contribution in [1.29, 1.82) is 0 Å². The van der Waals surface area contributed by atoms with Crippen LogP contribution in [0.2, 0.25) is 0 Å². The van der Waals surface area contributed by atoms with Gasteiger partial charge in [-0.2, -0.15) is 0 Å². The molecule has 170 valence electrons. The van der Waals surface area contributed by atoms with Crippen LogP contribution in [0.3, 0.4) is 0 Å². The number of Topliss-reactive ketones (excluding diaryl/α,β-unsaturated/α-hetero) is 1. The lowest BCUT2D eigenvalue weighted by molar-refractivity contribution is -0.129. The van der Waals surface area contributed by atoms with Gasteiger partial charge >= 0.3 is 0 Å². The minimum absolute atomic E-state index is 0.0111. The van der Waals surface area contributed by atoms with Crippen molar-refractivity contribution in [1.82, 2.24) is 9.80 Å². The third kappa shape index (κ3) is 4.37. The molecule has 1 aromatic heterocycles. The minimum Gasteiger partial charge on any atom is -0.503 e. The van der Waals surface area contributed by atoms with Crippen LogP contribution in [-0.4, -0.2) is 52.8 Å². The Morgan fingerprint density at radius 3 is 2.34 bits per heavy atom. The molecular formula is C26H32N2O4. The van der Waals surface area contributed by atoms with Crippen LogP contribution in [0.5, 0.6) is 0 Å². The normalized spacial score (nSPS) is 20.3. The number of furan rings is 1. The number of likely N-dealkylation sites (tertiary alicyclic amines) is 1. The van der Waals surface area contributed by atoms with Crippen molar-refractivity contribution in [3.63, 3.8) is 0 Å². The molecule has 1 amide bonds. The lowest BCUT2D eigenvalue weighted by Gasteiger charge is -2.32. The van der Waals surface area contributed by atoms with Gasteiger partial charge in [0.1, 0.15) is 0 Å². The Morgan fingerprint density at radius 1 is 1.06 bits per heavy atom. The molecule has 0 bridgehead atoms. The van der Waals surface area contributed by atoms with Gasteiger partial charge in [0.2, 0.25) is 5.78 Å². The standard InChI is InChI=1S/C26H32N2O4/c1-26(2,3)19-11-9-18(10-12-19)22-21(23(29)20-8-7-17-32-20)24(30)25(31)28(22)16-15-27-13-5-4-6-14-27/h7-12,17,22,30H,4-6,13-16H2,1-3H3. The highest BCUT2D eigenvalue weighted by Crippen LogP contribution is 2.39. The maximum absolute atomic E-state index is 13.2. The number of hydrogen-bond donors (Lipinski definition) is 1. The van der Waals surface area contributed by atoms with E-state index in [1.165, 1.54) is 12.7 Å². The molecule has 1 aromatic carbocycles. The average Bonchev–Trinajstić information content (AvgIpc) is 3.40. The molecule has 6 nitrogen and oxygen atoms in total. The van der Waals surface area contributed by atoms with E-state index in [1.54, 1.807) is 17.0 Å². The first-order chi connectivity index (χ1) is 15.3. The first kappa shape index (κ1) is 22.3. The summed E-state index contributed by atoms with van der Waals surface area (Å²) in [5.74, 6) is -1.31. The SMILES string of the molecule is CC(C)(C)c1ccc(C2C(C(=O)c3ccco3)=C(O)C(=O)N2CCN2CCCCC2)cc1. The van der Waals surface area contributed by atoms with Crippen molar-refractivity contribution in [2.45, 2.75) is 51.5 Å². The molecule has 1 fully saturated rings. The Bertz CT molecular complexity index is 993. The summed E-state index contributed by atoms with van der Waals surface area (Å²) in [6.07, 6.45) is 4.99. The fourth-order valence-electron chi connectivity index (χ4n) is 4.60. The van der Waals surface area contributed by atoms with Gasteiger partial charge in [0.25, 0.3) is 5.91 Å². The van der Waals surface area contributed by atoms with Gasteiger partial charge in [0.15, 0.2) is 11.5 Å². The highest BCUT2D eigenvalue weighted by atomic mass is 16.3. The van der Waals surface area contributed by atoms with Gasteiger partial charge in [-0.25, -0.2) is 0 Å². The molecule has 4 rings (SSSR count). The predicted octanol–water partition coefficient (Wildman–Crippen LogP) is 4.64. The Kier molecular flexibility index (Phi) is 6.24. The van der Waals surface area contributed by atoms with Crippen molar-refractivity contribution in [2.24, 2.45) is 0 Å². The Balaban J connectivity index is 1.67. The van der Waals surface area contributed by atoms with Crippen LogP contribution in [-0.2, 0) is 10.2 Å². The zero-order valence-corrected chi connectivity index (χ0v) is 19.1. The molecule has 32 heavy (non-hydrogen) atoms. The van der Waals surface area contributed by atoms with Gasteiger partial charge < -0.3 is 19.3 Å². The summed E-state index contributed by atoms with van der Waals surface area (Å²) in [6.45, 7) is 9.63. The van der Waals surface area contributed by atoms with Gasteiger partial charge in [0.05, 0.1) is 17.9 Å². The van der Waals surface area contributed by atoms with Crippen LogP contribution >= 0.6 is 0 Å². The monoisotopic (exact) mass is 436 g/mol. The van der Waals surface area contributed by atoms with Gasteiger partial charge in [0, 0.05) is 13.1 Å². The number of ketones is 1. The third-order valence-corrected chi connectivity index (χ3v) is 6.49. The second-order valence-electron chi connectivity index (χ2n) is 9.74. The number of carbonyl (C=O) groups excluding carboxylic acids is 2. The van der Waals surface area contributed by atoms with Gasteiger partial charge in [-0.3, -0.25) is 9.59 Å². The number of nitrogens with zero attached hydrogens (tertiary/aromatic N) is 2. The number of carbonyl (C=O) groups is 2. The van der Waals surface area contributed by atoms with E-state index in [0.717, 1.165) is 43.6 Å². The van der Waals surface area contributed by atoms with Crippen LogP contribution in [0, 0.1) is 0 Å². The first-order valence-corrected chi connectivity index (χ1v) is 11.4. The quantitative estimate of drug-likeness (QED) is 0.668. The van der Waals surface area contributed by atoms with Crippen LogP contribution < -0.4 is 0 Å². The maximum Gasteiger partial charge on any atom is 0.290 e. The number of amides is 1. The largest absolute Gasteiger partial charge is 0.503 e. The Labute approximate surface area is 189 Å². The summed E-state index contributed by atoms with van der Waals surface area (Å²) in [5.41, 5.74) is 2.05. The molecule has 6 heteroatoms. The van der Waals surface area contributed by atoms with E-state index < -0.39 is 23.5 Å². The molecule has 1 atom stereocenters. The van der Waals surface area contributed by atoms with E-state index in [0.29, 0.717) is 6.54 Å². The fraction of sp³-hybridized carbons (Fsp3) is 0.462. The third-order valence-electron chi connectivity index (χ3n) is 6.49. The summed E-state index contributed by atoms with van der Waals surface area (Å²) in [5, 5.41) is 10.8. The summed E-state index contributed by atoms with van der Waals surface area (Å²) in [6, 6.07) is 10.5. The Morgan fingerprint density at radius 2 is 1.75 bits per heavy atom. The van der Waals surface area contributed by atoms with Crippen molar-refractivity contribution in [3.8, 4) is 0 Å². The highest BCUT2D eigenvalue weighted by molar-refractivity contribution is 6.15. The van der Waals surface area contributed by atoms with E-state index in [-0.39, 0.29) is 16.7 Å². The van der Waals surface area contributed by atoms with E-state index in [2.05, 4.69) is 25.7 Å². The zero-order valence-electron chi connectivity index (χ0n) is 19.1. The van der Waals surface area contributed by atoms with Crippen molar-refractivity contribution < 1.29 is 19.1 Å². The van der Waals surface area contributed by atoms with E-state index in [1.807, 2.05) is 24.3 Å². The van der Waals surface area contributed by atoms with Crippen LogP contribution in [0.15, 0.2) is 58.4 Å². The van der Waals surface area contributed by atoms with Crippen LogP contribution in [0.4, 0.5) is 0 Å². The van der Waals surface area contributed by atoms with Crippen molar-refractivity contribution in [3.05, 3.63) is 70.9 Å². The predicted molar refractivity (Wildman–Crippen MR) is 123 cm³/mol. The number of rotatable bonds is 6. The number of benzene rings is 1. The molecule has 0 spiro atoms. The minimum atomic E-state index is -0.640. The molecule has 0 saturated carbocycles. The van der Waals surface area contributed by atoms with Crippen molar-refractivity contribution >= 4 is 11.7 Å². The molecule has 1 N–H and O–H groups in total.